The molecule has 0 saturated carbocycles. The number of nitriles is 1. The molecular formula is C15H17FN2O4S. The number of carbonyl (C=O) groups excluding carboxylic acids is 1. The maximum absolute atomic E-state index is 12.9. The second-order valence-electron chi connectivity index (χ2n) is 5.34. The van der Waals surface area contributed by atoms with Gasteiger partial charge in [0.1, 0.15) is 11.9 Å². The number of hydrogen-bond donors (Lipinski definition) is 0. The van der Waals surface area contributed by atoms with Gasteiger partial charge in [0.15, 0.2) is 6.10 Å². The van der Waals surface area contributed by atoms with E-state index in [1.165, 1.54) is 23.4 Å². The van der Waals surface area contributed by atoms with E-state index in [0.29, 0.717) is 12.8 Å². The fourth-order valence-corrected chi connectivity index (χ4v) is 3.85. The Morgan fingerprint density at radius 1 is 1.35 bits per heavy atom. The van der Waals surface area contributed by atoms with Crippen LogP contribution >= 0.6 is 0 Å². The third-order valence-electron chi connectivity index (χ3n) is 3.71. The maximum Gasteiger partial charge on any atom is 0.310 e. The largest absolute Gasteiger partial charge is 0.447 e. The standard InChI is InChI=1S/C15H17FN2O4S/c1-11(10-17)22-15(19)12-6-8-18(9-7-12)23(20,21)14-4-2-13(16)3-5-14/h2-5,11-12H,6-9H2,1H3/t11-/m0/s1. The Kier molecular flexibility index (Phi) is 5.34. The molecule has 0 aliphatic carbocycles. The topological polar surface area (TPSA) is 87.5 Å². The number of hydrogen-bond acceptors (Lipinski definition) is 5. The molecule has 1 heterocycles. The molecule has 1 aromatic rings. The van der Waals surface area contributed by atoms with Crippen molar-refractivity contribution in [2.75, 3.05) is 13.1 Å². The first-order chi connectivity index (χ1) is 10.8. The number of halogens is 1. The smallest absolute Gasteiger partial charge is 0.310 e. The zero-order valence-corrected chi connectivity index (χ0v) is 13.4. The van der Waals surface area contributed by atoms with Gasteiger partial charge in [-0.2, -0.15) is 9.57 Å². The van der Waals surface area contributed by atoms with Gasteiger partial charge in [0.05, 0.1) is 10.8 Å². The van der Waals surface area contributed by atoms with Crippen molar-refractivity contribution in [3.8, 4) is 6.07 Å². The number of esters is 1. The Hall–Kier alpha value is -1.98. The van der Waals surface area contributed by atoms with Gasteiger partial charge in [0.25, 0.3) is 0 Å². The Labute approximate surface area is 134 Å². The van der Waals surface area contributed by atoms with Crippen molar-refractivity contribution in [2.45, 2.75) is 30.8 Å². The second-order valence-corrected chi connectivity index (χ2v) is 7.28. The van der Waals surface area contributed by atoms with E-state index >= 15 is 0 Å². The molecule has 124 valence electrons. The van der Waals surface area contributed by atoms with Crippen molar-refractivity contribution in [3.05, 3.63) is 30.1 Å². The first-order valence-corrected chi connectivity index (χ1v) is 8.64. The van der Waals surface area contributed by atoms with E-state index in [1.807, 2.05) is 6.07 Å². The van der Waals surface area contributed by atoms with Crippen LogP contribution in [0.4, 0.5) is 4.39 Å². The Bertz CT molecular complexity index is 704. The van der Waals surface area contributed by atoms with Crippen LogP contribution in [0.2, 0.25) is 0 Å². The highest BCUT2D eigenvalue weighted by Gasteiger charge is 2.33. The van der Waals surface area contributed by atoms with Gasteiger partial charge in [-0.15, -0.1) is 0 Å². The van der Waals surface area contributed by atoms with E-state index in [9.17, 15) is 17.6 Å². The van der Waals surface area contributed by atoms with Crippen LogP contribution in [-0.2, 0) is 19.6 Å². The van der Waals surface area contributed by atoms with Crippen LogP contribution in [0.25, 0.3) is 0 Å². The fraction of sp³-hybridized carbons (Fsp3) is 0.467. The summed E-state index contributed by atoms with van der Waals surface area (Å²) in [5.74, 6) is -1.39. The molecule has 1 aromatic carbocycles. The highest BCUT2D eigenvalue weighted by molar-refractivity contribution is 7.89. The van der Waals surface area contributed by atoms with E-state index in [0.717, 1.165) is 12.1 Å². The molecule has 0 unspecified atom stereocenters. The molecule has 1 fully saturated rings. The molecule has 1 saturated heterocycles. The van der Waals surface area contributed by atoms with Gasteiger partial charge in [-0.3, -0.25) is 4.79 Å². The molecule has 0 bridgehead atoms. The first-order valence-electron chi connectivity index (χ1n) is 7.20. The van der Waals surface area contributed by atoms with Gasteiger partial charge in [0, 0.05) is 13.1 Å². The highest BCUT2D eigenvalue weighted by Crippen LogP contribution is 2.25. The fourth-order valence-electron chi connectivity index (χ4n) is 2.38. The van der Waals surface area contributed by atoms with Crippen molar-refractivity contribution in [1.29, 1.82) is 5.26 Å². The number of ether oxygens (including phenoxy) is 1. The molecule has 0 aromatic heterocycles. The summed E-state index contributed by atoms with van der Waals surface area (Å²) in [4.78, 5) is 11.9. The van der Waals surface area contributed by atoms with E-state index in [-0.39, 0.29) is 18.0 Å². The lowest BCUT2D eigenvalue weighted by Gasteiger charge is -2.30. The number of sulfonamides is 1. The van der Waals surface area contributed by atoms with Crippen LogP contribution in [0.1, 0.15) is 19.8 Å². The van der Waals surface area contributed by atoms with Crippen molar-refractivity contribution in [1.82, 2.24) is 4.31 Å². The van der Waals surface area contributed by atoms with Crippen molar-refractivity contribution < 1.29 is 22.3 Å². The number of nitrogens with zero attached hydrogens (tertiary/aromatic N) is 2. The minimum absolute atomic E-state index is 0.0260. The first kappa shape index (κ1) is 17.4. The number of carbonyl (C=O) groups is 1. The predicted molar refractivity (Wildman–Crippen MR) is 79.0 cm³/mol. The quantitative estimate of drug-likeness (QED) is 0.778. The predicted octanol–water partition coefficient (Wildman–Crippen LogP) is 1.68. The van der Waals surface area contributed by atoms with Crippen LogP contribution in [-0.4, -0.2) is 37.9 Å². The van der Waals surface area contributed by atoms with E-state index in [4.69, 9.17) is 10.00 Å². The maximum atomic E-state index is 12.9. The average molecular weight is 340 g/mol. The average Bonchev–Trinajstić information content (AvgIpc) is 2.55. The lowest BCUT2D eigenvalue weighted by Crippen LogP contribution is -2.40. The molecule has 6 nitrogen and oxygen atoms in total. The Morgan fingerprint density at radius 3 is 2.43 bits per heavy atom. The van der Waals surface area contributed by atoms with Crippen molar-refractivity contribution >= 4 is 16.0 Å². The van der Waals surface area contributed by atoms with Gasteiger partial charge >= 0.3 is 5.97 Å². The van der Waals surface area contributed by atoms with Gasteiger partial charge in [-0.25, -0.2) is 12.8 Å². The molecule has 8 heteroatoms. The minimum atomic E-state index is -3.69. The van der Waals surface area contributed by atoms with E-state index in [2.05, 4.69) is 0 Å². The van der Waals surface area contributed by atoms with Crippen LogP contribution < -0.4 is 0 Å². The third kappa shape index (κ3) is 4.06. The van der Waals surface area contributed by atoms with Crippen molar-refractivity contribution in [2.24, 2.45) is 5.92 Å². The summed E-state index contributed by atoms with van der Waals surface area (Å²) < 4.78 is 44.0. The third-order valence-corrected chi connectivity index (χ3v) is 5.63. The summed E-state index contributed by atoms with van der Waals surface area (Å²) in [6.45, 7) is 1.84. The number of benzene rings is 1. The molecule has 23 heavy (non-hydrogen) atoms. The Morgan fingerprint density at radius 2 is 1.91 bits per heavy atom. The van der Waals surface area contributed by atoms with Crippen LogP contribution in [0.15, 0.2) is 29.2 Å². The normalized spacial score (nSPS) is 18.1. The SMILES string of the molecule is C[C@@H](C#N)OC(=O)C1CCN(S(=O)(=O)c2ccc(F)cc2)CC1. The summed E-state index contributed by atoms with van der Waals surface area (Å²) in [7, 11) is -3.69. The van der Waals surface area contributed by atoms with Crippen molar-refractivity contribution in [3.63, 3.8) is 0 Å². The van der Waals surface area contributed by atoms with Gasteiger partial charge in [0.2, 0.25) is 10.0 Å². The monoisotopic (exact) mass is 340 g/mol. The van der Waals surface area contributed by atoms with Gasteiger partial charge < -0.3 is 4.74 Å². The molecule has 2 rings (SSSR count). The summed E-state index contributed by atoms with van der Waals surface area (Å²) >= 11 is 0. The minimum Gasteiger partial charge on any atom is -0.447 e. The van der Waals surface area contributed by atoms with E-state index < -0.39 is 33.8 Å². The lowest BCUT2D eigenvalue weighted by atomic mass is 9.98. The molecule has 0 spiro atoms. The van der Waals surface area contributed by atoms with Crippen LogP contribution in [0, 0.1) is 23.1 Å². The zero-order valence-electron chi connectivity index (χ0n) is 12.6. The molecule has 0 amide bonds. The lowest BCUT2D eigenvalue weighted by molar-refractivity contribution is -0.152. The summed E-state index contributed by atoms with van der Waals surface area (Å²) in [5.41, 5.74) is 0. The molecule has 0 radical (unpaired) electrons. The second kappa shape index (κ2) is 7.06. The van der Waals surface area contributed by atoms with E-state index in [1.54, 1.807) is 0 Å². The molecular weight excluding hydrogens is 323 g/mol. The Balaban J connectivity index is 2.00. The van der Waals surface area contributed by atoms with Crippen LogP contribution in [0.3, 0.4) is 0 Å². The highest BCUT2D eigenvalue weighted by atomic mass is 32.2. The number of rotatable bonds is 4. The summed E-state index contributed by atoms with van der Waals surface area (Å²) in [6, 6.07) is 6.45. The molecule has 0 N–H and O–H groups in total. The zero-order chi connectivity index (χ0) is 17.0. The molecule has 1 atom stereocenters. The summed E-state index contributed by atoms with van der Waals surface area (Å²) in [5, 5.41) is 8.63. The molecule has 1 aliphatic rings. The number of piperidine rings is 1. The summed E-state index contributed by atoms with van der Waals surface area (Å²) in [6.07, 6.45) is -0.155. The molecule has 1 aliphatic heterocycles. The van der Waals surface area contributed by atoms with Crippen LogP contribution in [0.5, 0.6) is 0 Å². The van der Waals surface area contributed by atoms with Gasteiger partial charge in [-0.05, 0) is 44.0 Å². The van der Waals surface area contributed by atoms with Gasteiger partial charge in [-0.1, -0.05) is 0 Å².